The number of hydrogen-bond acceptors (Lipinski definition) is 4. The van der Waals surface area contributed by atoms with Crippen molar-refractivity contribution in [1.82, 2.24) is 9.97 Å². The second kappa shape index (κ2) is 6.33. The van der Waals surface area contributed by atoms with Gasteiger partial charge in [0.25, 0.3) is 0 Å². The van der Waals surface area contributed by atoms with E-state index >= 15 is 0 Å². The molecular formula is C13H21N3O2. The number of aromatic nitrogens is 2. The Morgan fingerprint density at radius 2 is 2.06 bits per heavy atom. The predicted octanol–water partition coefficient (Wildman–Crippen LogP) is 2.29. The van der Waals surface area contributed by atoms with Crippen molar-refractivity contribution in [1.29, 1.82) is 0 Å². The number of nitrogens with zero attached hydrogens (tertiary/aromatic N) is 3. The van der Waals surface area contributed by atoms with Crippen molar-refractivity contribution < 1.29 is 9.90 Å². The van der Waals surface area contributed by atoms with Crippen molar-refractivity contribution in [3.63, 3.8) is 0 Å². The highest BCUT2D eigenvalue weighted by molar-refractivity contribution is 5.73. The van der Waals surface area contributed by atoms with Crippen LogP contribution in [0.3, 0.4) is 0 Å². The maximum absolute atomic E-state index is 10.9. The van der Waals surface area contributed by atoms with Crippen LogP contribution in [0.1, 0.15) is 45.7 Å². The van der Waals surface area contributed by atoms with E-state index in [4.69, 9.17) is 5.11 Å². The second-order valence-corrected chi connectivity index (χ2v) is 4.73. The van der Waals surface area contributed by atoms with Crippen molar-refractivity contribution in [3.8, 4) is 0 Å². The number of carbonyl (C=O) groups is 1. The fraction of sp³-hybridized carbons (Fsp3) is 0.615. The highest BCUT2D eigenvalue weighted by Crippen LogP contribution is 2.19. The van der Waals surface area contributed by atoms with Crippen LogP contribution in [0.5, 0.6) is 0 Å². The van der Waals surface area contributed by atoms with Gasteiger partial charge >= 0.3 is 5.97 Å². The molecule has 0 saturated heterocycles. The van der Waals surface area contributed by atoms with Gasteiger partial charge < -0.3 is 10.0 Å². The molecule has 1 heterocycles. The van der Waals surface area contributed by atoms with E-state index in [-0.39, 0.29) is 12.6 Å². The van der Waals surface area contributed by atoms with Gasteiger partial charge in [0.2, 0.25) is 0 Å². The molecule has 5 nitrogen and oxygen atoms in total. The summed E-state index contributed by atoms with van der Waals surface area (Å²) in [6.45, 7) is 8.10. The Morgan fingerprint density at radius 1 is 1.39 bits per heavy atom. The third-order valence-electron chi connectivity index (χ3n) is 2.99. The summed E-state index contributed by atoms with van der Waals surface area (Å²) in [6.07, 6.45) is 2.37. The molecular weight excluding hydrogens is 230 g/mol. The fourth-order valence-corrected chi connectivity index (χ4v) is 1.66. The van der Waals surface area contributed by atoms with E-state index in [1.807, 2.05) is 19.9 Å². The first-order valence-electron chi connectivity index (χ1n) is 6.26. The summed E-state index contributed by atoms with van der Waals surface area (Å²) >= 11 is 0. The van der Waals surface area contributed by atoms with Gasteiger partial charge in [0, 0.05) is 17.8 Å². The first kappa shape index (κ1) is 14.4. The van der Waals surface area contributed by atoms with Crippen LogP contribution in [0.4, 0.5) is 5.82 Å². The maximum Gasteiger partial charge on any atom is 0.323 e. The number of carboxylic acid groups (broad SMARTS) is 1. The molecule has 0 spiro atoms. The van der Waals surface area contributed by atoms with Crippen molar-refractivity contribution >= 4 is 11.8 Å². The summed E-state index contributed by atoms with van der Waals surface area (Å²) in [5.74, 6) is 0.140. The van der Waals surface area contributed by atoms with Gasteiger partial charge in [0.1, 0.15) is 18.7 Å². The Kier molecular flexibility index (Phi) is 5.07. The molecule has 0 aliphatic heterocycles. The third-order valence-corrected chi connectivity index (χ3v) is 2.99. The van der Waals surface area contributed by atoms with Gasteiger partial charge in [-0.3, -0.25) is 4.79 Å². The van der Waals surface area contributed by atoms with Crippen LogP contribution in [0.25, 0.3) is 0 Å². The lowest BCUT2D eigenvalue weighted by Crippen LogP contribution is -2.37. The smallest absolute Gasteiger partial charge is 0.323 e. The minimum Gasteiger partial charge on any atom is -0.480 e. The van der Waals surface area contributed by atoms with E-state index in [1.54, 1.807) is 4.90 Å². The van der Waals surface area contributed by atoms with Gasteiger partial charge in [-0.15, -0.1) is 0 Å². The third kappa shape index (κ3) is 3.68. The molecule has 18 heavy (non-hydrogen) atoms. The van der Waals surface area contributed by atoms with Crippen LogP contribution >= 0.6 is 0 Å². The van der Waals surface area contributed by atoms with Gasteiger partial charge in [0.05, 0.1) is 0 Å². The van der Waals surface area contributed by atoms with E-state index in [0.717, 1.165) is 12.1 Å². The average Bonchev–Trinajstić information content (AvgIpc) is 2.35. The molecule has 0 aliphatic rings. The minimum atomic E-state index is -0.847. The molecule has 5 heteroatoms. The molecule has 0 amide bonds. The normalized spacial score (nSPS) is 12.5. The highest BCUT2D eigenvalue weighted by Gasteiger charge is 2.18. The standard InChI is InChI=1S/C13H21N3O2/c1-5-10(4)16(7-13(17)18)12-6-11(9(2)3)14-8-15-12/h6,8-10H,5,7H2,1-4H3,(H,17,18). The van der Waals surface area contributed by atoms with Gasteiger partial charge in [-0.05, 0) is 19.3 Å². The predicted molar refractivity (Wildman–Crippen MR) is 70.9 cm³/mol. The quantitative estimate of drug-likeness (QED) is 0.840. The molecule has 1 atom stereocenters. The van der Waals surface area contributed by atoms with Crippen molar-refractivity contribution in [2.75, 3.05) is 11.4 Å². The summed E-state index contributed by atoms with van der Waals surface area (Å²) in [7, 11) is 0. The second-order valence-electron chi connectivity index (χ2n) is 4.73. The van der Waals surface area contributed by atoms with Crippen LogP contribution in [-0.2, 0) is 4.79 Å². The lowest BCUT2D eigenvalue weighted by Gasteiger charge is -2.28. The van der Waals surface area contributed by atoms with E-state index in [0.29, 0.717) is 11.7 Å². The Balaban J connectivity index is 3.04. The molecule has 1 aromatic heterocycles. The van der Waals surface area contributed by atoms with Gasteiger partial charge in [-0.25, -0.2) is 9.97 Å². The monoisotopic (exact) mass is 251 g/mol. The van der Waals surface area contributed by atoms with Crippen molar-refractivity contribution in [2.45, 2.75) is 46.1 Å². The van der Waals surface area contributed by atoms with Crippen LogP contribution in [0.15, 0.2) is 12.4 Å². The van der Waals surface area contributed by atoms with Crippen LogP contribution < -0.4 is 4.90 Å². The molecule has 100 valence electrons. The Morgan fingerprint density at radius 3 is 2.56 bits per heavy atom. The van der Waals surface area contributed by atoms with Crippen molar-refractivity contribution in [3.05, 3.63) is 18.1 Å². The fourth-order valence-electron chi connectivity index (χ4n) is 1.66. The molecule has 0 aromatic carbocycles. The van der Waals surface area contributed by atoms with E-state index < -0.39 is 5.97 Å². The van der Waals surface area contributed by atoms with E-state index in [9.17, 15) is 4.79 Å². The number of rotatable bonds is 6. The first-order valence-corrected chi connectivity index (χ1v) is 6.26. The van der Waals surface area contributed by atoms with E-state index in [2.05, 4.69) is 23.8 Å². The Bertz CT molecular complexity index is 407. The van der Waals surface area contributed by atoms with E-state index in [1.165, 1.54) is 6.33 Å². The summed E-state index contributed by atoms with van der Waals surface area (Å²) in [5.41, 5.74) is 0.929. The zero-order valence-corrected chi connectivity index (χ0v) is 11.4. The Labute approximate surface area is 108 Å². The molecule has 1 rings (SSSR count). The zero-order valence-electron chi connectivity index (χ0n) is 11.4. The molecule has 0 aliphatic carbocycles. The minimum absolute atomic E-state index is 0.0381. The summed E-state index contributed by atoms with van der Waals surface area (Å²) in [6, 6.07) is 2.01. The summed E-state index contributed by atoms with van der Waals surface area (Å²) in [4.78, 5) is 21.1. The number of anilines is 1. The highest BCUT2D eigenvalue weighted by atomic mass is 16.4. The topological polar surface area (TPSA) is 66.3 Å². The average molecular weight is 251 g/mol. The SMILES string of the molecule is CCC(C)N(CC(=O)O)c1cc(C(C)C)ncn1. The Hall–Kier alpha value is -1.65. The van der Waals surface area contributed by atoms with Crippen molar-refractivity contribution in [2.24, 2.45) is 0 Å². The van der Waals surface area contributed by atoms with Gasteiger partial charge in [-0.1, -0.05) is 20.8 Å². The molecule has 0 radical (unpaired) electrons. The molecule has 0 fully saturated rings. The largest absolute Gasteiger partial charge is 0.480 e. The number of carboxylic acids is 1. The summed E-state index contributed by atoms with van der Waals surface area (Å²) in [5, 5.41) is 8.98. The van der Waals surface area contributed by atoms with Crippen LogP contribution in [0, 0.1) is 0 Å². The molecule has 1 aromatic rings. The lowest BCUT2D eigenvalue weighted by atomic mass is 10.1. The number of hydrogen-bond donors (Lipinski definition) is 1. The number of aliphatic carboxylic acids is 1. The van der Waals surface area contributed by atoms with Crippen LogP contribution in [0.2, 0.25) is 0 Å². The summed E-state index contributed by atoms with van der Waals surface area (Å²) < 4.78 is 0. The lowest BCUT2D eigenvalue weighted by molar-refractivity contribution is -0.135. The molecule has 1 N–H and O–H groups in total. The van der Waals surface area contributed by atoms with Crippen LogP contribution in [-0.4, -0.2) is 33.6 Å². The molecule has 1 unspecified atom stereocenters. The zero-order chi connectivity index (χ0) is 13.7. The molecule has 0 saturated carbocycles. The first-order chi connectivity index (χ1) is 8.45. The maximum atomic E-state index is 10.9. The van der Waals surface area contributed by atoms with Gasteiger partial charge in [-0.2, -0.15) is 0 Å². The van der Waals surface area contributed by atoms with Gasteiger partial charge in [0.15, 0.2) is 0 Å². The molecule has 0 bridgehead atoms.